The smallest absolute Gasteiger partial charge is 0.306 e. The van der Waals surface area contributed by atoms with Crippen LogP contribution in [-0.4, -0.2) is 28.9 Å². The van der Waals surface area contributed by atoms with Gasteiger partial charge in [0.1, 0.15) is 0 Å². The molecule has 0 aliphatic heterocycles. The Morgan fingerprint density at radius 1 is 1.00 bits per heavy atom. The van der Waals surface area contributed by atoms with E-state index in [0.29, 0.717) is 18.5 Å². The van der Waals surface area contributed by atoms with Crippen LogP contribution in [0.2, 0.25) is 0 Å². The van der Waals surface area contributed by atoms with Crippen molar-refractivity contribution >= 4 is 11.9 Å². The van der Waals surface area contributed by atoms with Gasteiger partial charge in [-0.25, -0.2) is 0 Å². The van der Waals surface area contributed by atoms with Crippen molar-refractivity contribution in [3.63, 3.8) is 0 Å². The number of benzene rings is 2. The highest BCUT2D eigenvalue weighted by molar-refractivity contribution is 5.81. The van der Waals surface area contributed by atoms with E-state index in [2.05, 4.69) is 6.07 Å². The van der Waals surface area contributed by atoms with Gasteiger partial charge in [-0.1, -0.05) is 42.5 Å². The molecule has 5 heteroatoms. The lowest BCUT2D eigenvalue weighted by Gasteiger charge is -2.35. The fourth-order valence-electron chi connectivity index (χ4n) is 2.75. The van der Waals surface area contributed by atoms with Gasteiger partial charge in [-0.05, 0) is 50.5 Å². The Morgan fingerprint density at radius 3 is 2.21 bits per heavy atom. The van der Waals surface area contributed by atoms with Crippen LogP contribution in [0.25, 0.3) is 0 Å². The van der Waals surface area contributed by atoms with Crippen molar-refractivity contribution in [3.05, 3.63) is 71.3 Å². The molecule has 2 rings (SSSR count). The van der Waals surface area contributed by atoms with E-state index in [-0.39, 0.29) is 24.5 Å². The lowest BCUT2D eigenvalue weighted by molar-refractivity contribution is -0.154. The van der Waals surface area contributed by atoms with Gasteiger partial charge in [0.15, 0.2) is 6.61 Å². The van der Waals surface area contributed by atoms with E-state index in [4.69, 9.17) is 10.00 Å². The maximum Gasteiger partial charge on any atom is 0.306 e. The van der Waals surface area contributed by atoms with E-state index in [1.165, 1.54) is 0 Å². The Morgan fingerprint density at radius 2 is 1.64 bits per heavy atom. The summed E-state index contributed by atoms with van der Waals surface area (Å²) in [6.07, 6.45) is 0.694. The van der Waals surface area contributed by atoms with E-state index >= 15 is 0 Å². The molecule has 0 radical (unpaired) electrons. The maximum atomic E-state index is 12.7. The Kier molecular flexibility index (Phi) is 7.34. The van der Waals surface area contributed by atoms with Crippen molar-refractivity contribution in [3.8, 4) is 6.07 Å². The molecule has 0 saturated carbocycles. The van der Waals surface area contributed by atoms with Crippen LogP contribution in [0, 0.1) is 11.3 Å². The molecule has 0 aromatic heterocycles. The number of rotatable bonds is 7. The highest BCUT2D eigenvalue weighted by Crippen LogP contribution is 2.18. The van der Waals surface area contributed by atoms with Crippen LogP contribution >= 0.6 is 0 Å². The Balaban J connectivity index is 1.86. The summed E-state index contributed by atoms with van der Waals surface area (Å²) in [5.41, 5.74) is 2.17. The molecule has 1 amide bonds. The van der Waals surface area contributed by atoms with Crippen LogP contribution in [-0.2, 0) is 27.3 Å². The lowest BCUT2D eigenvalue weighted by Crippen LogP contribution is -2.46. The van der Waals surface area contributed by atoms with Crippen molar-refractivity contribution < 1.29 is 14.3 Å². The molecule has 28 heavy (non-hydrogen) atoms. The van der Waals surface area contributed by atoms with Crippen LogP contribution in [0.1, 0.15) is 43.9 Å². The van der Waals surface area contributed by atoms with Crippen molar-refractivity contribution in [1.82, 2.24) is 4.90 Å². The van der Waals surface area contributed by atoms with Gasteiger partial charge in [0.25, 0.3) is 5.91 Å². The molecule has 0 N–H and O–H groups in total. The van der Waals surface area contributed by atoms with Crippen molar-refractivity contribution in [2.24, 2.45) is 0 Å². The summed E-state index contributed by atoms with van der Waals surface area (Å²) < 4.78 is 5.20. The second kappa shape index (κ2) is 9.70. The number of esters is 1. The minimum Gasteiger partial charge on any atom is -0.456 e. The number of nitrogens with zero attached hydrogens (tertiary/aromatic N) is 2. The third-order valence-corrected chi connectivity index (χ3v) is 4.35. The zero-order chi connectivity index (χ0) is 20.6. The highest BCUT2D eigenvalue weighted by atomic mass is 16.5. The van der Waals surface area contributed by atoms with E-state index < -0.39 is 5.97 Å². The summed E-state index contributed by atoms with van der Waals surface area (Å²) in [5.74, 6) is -0.630. The van der Waals surface area contributed by atoms with Gasteiger partial charge >= 0.3 is 5.97 Å². The molecule has 5 nitrogen and oxygen atoms in total. The predicted octanol–water partition coefficient (Wildman–Crippen LogP) is 3.86. The molecule has 0 heterocycles. The number of carbonyl (C=O) groups excluding carboxylic acids is 2. The topological polar surface area (TPSA) is 70.4 Å². The molecule has 0 fully saturated rings. The number of hydrogen-bond donors (Lipinski definition) is 0. The fraction of sp³-hybridized carbons (Fsp3) is 0.348. The van der Waals surface area contributed by atoms with Gasteiger partial charge in [0, 0.05) is 18.5 Å². The normalized spacial score (nSPS) is 10.8. The first-order valence-corrected chi connectivity index (χ1v) is 9.28. The standard InChI is InChI=1S/C23H26N2O3/c1-23(2,3)25(16-20-7-5-4-6-8-20)21(26)17-28-22(27)14-13-18-9-11-19(15-24)12-10-18/h4-12H,13-14,16-17H2,1-3H3. The largest absolute Gasteiger partial charge is 0.456 e. The second-order valence-corrected chi connectivity index (χ2v) is 7.61. The Hall–Kier alpha value is -3.13. The van der Waals surface area contributed by atoms with E-state index in [9.17, 15) is 9.59 Å². The molecule has 0 bridgehead atoms. The average Bonchev–Trinajstić information content (AvgIpc) is 2.69. The van der Waals surface area contributed by atoms with Gasteiger partial charge in [0.2, 0.25) is 0 Å². The fourth-order valence-corrected chi connectivity index (χ4v) is 2.75. The Bertz CT molecular complexity index is 831. The number of ether oxygens (including phenoxy) is 1. The summed E-state index contributed by atoms with van der Waals surface area (Å²) in [6.45, 7) is 6.07. The van der Waals surface area contributed by atoms with Crippen molar-refractivity contribution in [2.75, 3.05) is 6.61 Å². The second-order valence-electron chi connectivity index (χ2n) is 7.61. The number of hydrogen-bond acceptors (Lipinski definition) is 4. The van der Waals surface area contributed by atoms with Crippen LogP contribution < -0.4 is 0 Å². The van der Waals surface area contributed by atoms with Crippen LogP contribution in [0.15, 0.2) is 54.6 Å². The van der Waals surface area contributed by atoms with Gasteiger partial charge < -0.3 is 9.64 Å². The van der Waals surface area contributed by atoms with E-state index in [1.807, 2.05) is 63.2 Å². The van der Waals surface area contributed by atoms with E-state index in [1.54, 1.807) is 17.0 Å². The maximum absolute atomic E-state index is 12.7. The van der Waals surface area contributed by atoms with Crippen molar-refractivity contribution in [2.45, 2.75) is 45.7 Å². The first-order valence-electron chi connectivity index (χ1n) is 9.28. The molecule has 146 valence electrons. The highest BCUT2D eigenvalue weighted by Gasteiger charge is 2.27. The van der Waals surface area contributed by atoms with Crippen LogP contribution in [0.3, 0.4) is 0 Å². The van der Waals surface area contributed by atoms with Gasteiger partial charge in [-0.3, -0.25) is 9.59 Å². The first kappa shape index (κ1) is 21.2. The quantitative estimate of drug-likeness (QED) is 0.686. The molecule has 0 aliphatic carbocycles. The third-order valence-electron chi connectivity index (χ3n) is 4.35. The Labute approximate surface area is 166 Å². The summed E-state index contributed by atoms with van der Waals surface area (Å²) in [7, 11) is 0. The van der Waals surface area contributed by atoms with Crippen LogP contribution in [0.5, 0.6) is 0 Å². The molecule has 0 atom stereocenters. The van der Waals surface area contributed by atoms with Gasteiger partial charge in [0.05, 0.1) is 11.6 Å². The summed E-state index contributed by atoms with van der Waals surface area (Å²) in [6, 6.07) is 18.9. The predicted molar refractivity (Wildman–Crippen MR) is 107 cm³/mol. The van der Waals surface area contributed by atoms with Gasteiger partial charge in [-0.15, -0.1) is 0 Å². The molecular weight excluding hydrogens is 352 g/mol. The number of aryl methyl sites for hydroxylation is 1. The first-order chi connectivity index (χ1) is 13.3. The summed E-state index contributed by atoms with van der Waals surface area (Å²) >= 11 is 0. The SMILES string of the molecule is CC(C)(C)N(Cc1ccccc1)C(=O)COC(=O)CCc1ccc(C#N)cc1. The zero-order valence-electron chi connectivity index (χ0n) is 16.6. The average molecular weight is 378 g/mol. The molecule has 2 aromatic carbocycles. The molecule has 0 unspecified atom stereocenters. The van der Waals surface area contributed by atoms with Crippen molar-refractivity contribution in [1.29, 1.82) is 5.26 Å². The number of nitriles is 1. The number of amides is 1. The monoisotopic (exact) mass is 378 g/mol. The minimum atomic E-state index is -0.411. The molecular formula is C23H26N2O3. The molecule has 0 aliphatic rings. The van der Waals surface area contributed by atoms with Crippen LogP contribution in [0.4, 0.5) is 0 Å². The lowest BCUT2D eigenvalue weighted by atomic mass is 10.0. The minimum absolute atomic E-state index is 0.188. The van der Waals surface area contributed by atoms with Gasteiger partial charge in [-0.2, -0.15) is 5.26 Å². The summed E-state index contributed by atoms with van der Waals surface area (Å²) in [4.78, 5) is 26.4. The molecule has 0 spiro atoms. The van der Waals surface area contributed by atoms with E-state index in [0.717, 1.165) is 11.1 Å². The molecule has 0 saturated heterocycles. The zero-order valence-corrected chi connectivity index (χ0v) is 16.6. The third kappa shape index (κ3) is 6.55. The summed E-state index contributed by atoms with van der Waals surface area (Å²) in [5, 5.41) is 8.80. The molecule has 2 aromatic rings. The number of carbonyl (C=O) groups is 2.